The number of para-hydroxylation sites is 1. The Morgan fingerprint density at radius 2 is 1.00 bits per heavy atom. The number of hydrogen-bond donors (Lipinski definition) is 2. The van der Waals surface area contributed by atoms with Crippen molar-refractivity contribution in [2.45, 2.75) is 19.3 Å². The van der Waals surface area contributed by atoms with Gasteiger partial charge in [0.2, 0.25) is 0 Å². The smallest absolute Gasteiger partial charge is 0.138 e. The van der Waals surface area contributed by atoms with Crippen molar-refractivity contribution < 1.29 is 0 Å². The molecule has 57 heavy (non-hydrogen) atoms. The first kappa shape index (κ1) is 34.2. The van der Waals surface area contributed by atoms with Gasteiger partial charge >= 0.3 is 0 Å². The van der Waals surface area contributed by atoms with E-state index in [4.69, 9.17) is 0 Å². The van der Waals surface area contributed by atoms with Crippen LogP contribution in [0.15, 0.2) is 194 Å². The van der Waals surface area contributed by atoms with Gasteiger partial charge in [-0.2, -0.15) is 0 Å². The van der Waals surface area contributed by atoms with E-state index in [2.05, 4.69) is 140 Å². The van der Waals surface area contributed by atoms with Crippen LogP contribution >= 0.6 is 0 Å². The highest BCUT2D eigenvalue weighted by molar-refractivity contribution is 6.27. The number of anilines is 1. The fraction of sp³-hybridized carbons (Fsp3) is 0.0566. The monoisotopic (exact) mass is 732 g/mol. The average molecular weight is 733 g/mol. The summed E-state index contributed by atoms with van der Waals surface area (Å²) in [6, 6.07) is 67.5. The largest absolute Gasteiger partial charge is 0.309 e. The lowest BCUT2D eigenvalue weighted by Gasteiger charge is -2.26. The van der Waals surface area contributed by atoms with Crippen LogP contribution in [0.25, 0.3) is 60.9 Å². The van der Waals surface area contributed by atoms with Crippen LogP contribution in [-0.2, 0) is 5.41 Å². The maximum atomic E-state index is 9.27. The van der Waals surface area contributed by atoms with Crippen LogP contribution in [0.1, 0.15) is 36.1 Å². The lowest BCUT2D eigenvalue weighted by Crippen LogP contribution is -2.37. The molecule has 0 spiro atoms. The highest BCUT2D eigenvalue weighted by Gasteiger charge is 2.35. The Balaban J connectivity index is 1.12. The number of fused-ring (bicyclic) bond motifs is 6. The number of nitrogens with one attached hydrogen (secondary N) is 2. The molecule has 0 bridgehead atoms. The molecule has 2 N–H and O–H groups in total. The van der Waals surface area contributed by atoms with Crippen molar-refractivity contribution in [2.75, 3.05) is 4.90 Å². The maximum absolute atomic E-state index is 9.27. The minimum absolute atomic E-state index is 0.0391. The predicted octanol–water partition coefficient (Wildman–Crippen LogP) is 13.3. The summed E-state index contributed by atoms with van der Waals surface area (Å²) in [7, 11) is 0. The maximum Gasteiger partial charge on any atom is 0.138 e. The Hall–Kier alpha value is -7.30. The third-order valence-electron chi connectivity index (χ3n) is 11.7. The van der Waals surface area contributed by atoms with Gasteiger partial charge in [0.25, 0.3) is 0 Å². The van der Waals surface area contributed by atoms with E-state index in [1.165, 1.54) is 44.2 Å². The van der Waals surface area contributed by atoms with Crippen molar-refractivity contribution in [2.24, 2.45) is 0 Å². The first-order valence-electron chi connectivity index (χ1n) is 19.4. The molecule has 9 aromatic rings. The average Bonchev–Trinajstić information content (AvgIpc) is 3.72. The van der Waals surface area contributed by atoms with E-state index in [-0.39, 0.29) is 17.1 Å². The zero-order valence-electron chi connectivity index (χ0n) is 31.9. The van der Waals surface area contributed by atoms with Gasteiger partial charge in [-0.15, -0.1) is 0 Å². The van der Waals surface area contributed by atoms with Gasteiger partial charge in [-0.25, -0.2) is 0 Å². The summed E-state index contributed by atoms with van der Waals surface area (Å²) in [5.74, 6) is 0.493. The van der Waals surface area contributed by atoms with E-state index >= 15 is 0 Å². The molecule has 0 amide bonds. The molecule has 0 fully saturated rings. The van der Waals surface area contributed by atoms with Crippen molar-refractivity contribution in [3.63, 3.8) is 0 Å². The molecule has 8 aromatic carbocycles. The van der Waals surface area contributed by atoms with Crippen molar-refractivity contribution >= 4 is 39.2 Å². The molecule has 1 aliphatic carbocycles. The Labute approximate surface area is 333 Å². The van der Waals surface area contributed by atoms with Gasteiger partial charge in [0.05, 0.1) is 11.0 Å². The quantitative estimate of drug-likeness (QED) is 0.130. The van der Waals surface area contributed by atoms with Gasteiger partial charge in [0.1, 0.15) is 11.7 Å². The molecule has 0 atom stereocenters. The fourth-order valence-corrected chi connectivity index (χ4v) is 8.86. The van der Waals surface area contributed by atoms with Crippen molar-refractivity contribution in [1.29, 1.82) is 10.8 Å². The second-order valence-electron chi connectivity index (χ2n) is 15.3. The second-order valence-corrected chi connectivity index (χ2v) is 15.3. The van der Waals surface area contributed by atoms with Gasteiger partial charge in [-0.1, -0.05) is 159 Å². The molecule has 0 radical (unpaired) electrons. The van der Waals surface area contributed by atoms with Gasteiger partial charge in [0, 0.05) is 38.7 Å². The van der Waals surface area contributed by atoms with Crippen LogP contribution in [0, 0.1) is 10.8 Å². The third-order valence-corrected chi connectivity index (χ3v) is 11.7. The molecule has 1 aromatic heterocycles. The first-order chi connectivity index (χ1) is 27.9. The van der Waals surface area contributed by atoms with Crippen LogP contribution in [0.3, 0.4) is 0 Å². The van der Waals surface area contributed by atoms with Crippen LogP contribution in [-0.4, -0.2) is 16.2 Å². The van der Waals surface area contributed by atoms with Gasteiger partial charge < -0.3 is 4.57 Å². The number of rotatable bonds is 6. The van der Waals surface area contributed by atoms with Crippen LogP contribution in [0.5, 0.6) is 0 Å². The predicted molar refractivity (Wildman–Crippen MR) is 238 cm³/mol. The fourth-order valence-electron chi connectivity index (χ4n) is 8.86. The lowest BCUT2D eigenvalue weighted by molar-refractivity contribution is 0.660. The normalized spacial score (nSPS) is 12.7. The topological polar surface area (TPSA) is 55.9 Å². The van der Waals surface area contributed by atoms with Gasteiger partial charge in [0.15, 0.2) is 0 Å². The summed E-state index contributed by atoms with van der Waals surface area (Å²) in [6.07, 6.45) is 0. The molecule has 0 saturated carbocycles. The Morgan fingerprint density at radius 3 is 1.68 bits per heavy atom. The first-order valence-corrected chi connectivity index (χ1v) is 19.4. The molecule has 0 saturated heterocycles. The number of amidine groups is 2. The summed E-state index contributed by atoms with van der Waals surface area (Å²) in [5.41, 5.74) is 15.6. The molecule has 4 heteroatoms. The van der Waals surface area contributed by atoms with E-state index in [9.17, 15) is 10.8 Å². The van der Waals surface area contributed by atoms with Crippen LogP contribution in [0.2, 0.25) is 0 Å². The molecule has 4 nitrogen and oxygen atoms in total. The Kier molecular flexibility index (Phi) is 8.08. The van der Waals surface area contributed by atoms with E-state index in [0.717, 1.165) is 44.7 Å². The van der Waals surface area contributed by atoms with E-state index in [1.54, 1.807) is 4.90 Å². The van der Waals surface area contributed by atoms with Crippen LogP contribution < -0.4 is 4.90 Å². The van der Waals surface area contributed by atoms with Crippen LogP contribution in [0.4, 0.5) is 5.69 Å². The number of hydrogen-bond acceptors (Lipinski definition) is 2. The van der Waals surface area contributed by atoms with Crippen molar-refractivity contribution in [3.8, 4) is 39.1 Å². The summed E-state index contributed by atoms with van der Waals surface area (Å²) >= 11 is 0. The Bertz CT molecular complexity index is 2940. The van der Waals surface area contributed by atoms with E-state index < -0.39 is 0 Å². The van der Waals surface area contributed by atoms with Crippen molar-refractivity contribution in [1.82, 2.24) is 4.57 Å². The van der Waals surface area contributed by atoms with E-state index in [0.29, 0.717) is 0 Å². The molecule has 10 rings (SSSR count). The molecule has 272 valence electrons. The number of nitrogens with zero attached hydrogens (tertiary/aromatic N) is 2. The highest BCUT2D eigenvalue weighted by atomic mass is 15.2. The summed E-state index contributed by atoms with van der Waals surface area (Å²) < 4.78 is 2.37. The number of aromatic nitrogens is 1. The molecular formula is C53H40N4. The lowest BCUT2D eigenvalue weighted by atomic mass is 9.82. The molecule has 1 aliphatic rings. The summed E-state index contributed by atoms with van der Waals surface area (Å²) in [5, 5.41) is 20.9. The third kappa shape index (κ3) is 5.60. The standard InChI is InChI=1S/C53H40N4/c1-53(2)46-23-13-12-21-43(46)44-33-38(27-31-47(44)53)39-28-32-48-45(34-39)50-42(22-14-24-49(50)56(48)40-19-10-5-11-20-40)35-25-29-41(30-26-35)57(51(54)36-15-6-3-7-16-36)52(55)37-17-8-4-9-18-37/h3-34,54-55H,1-2H3. The van der Waals surface area contributed by atoms with Gasteiger partial charge in [-0.05, 0) is 93.0 Å². The second kappa shape index (κ2) is 13.5. The zero-order valence-corrected chi connectivity index (χ0v) is 31.9. The highest BCUT2D eigenvalue weighted by Crippen LogP contribution is 2.50. The molecule has 0 unspecified atom stereocenters. The minimum atomic E-state index is -0.0391. The van der Waals surface area contributed by atoms with Crippen molar-refractivity contribution in [3.05, 3.63) is 216 Å². The SMILES string of the molecule is CC1(C)c2ccccc2-c2cc(-c3ccc4c(c3)c3c(-c5ccc(N(C(=N)c6ccccc6)C(=N)c6ccccc6)cc5)cccc3n4-c3ccccc3)ccc21. The molecule has 1 heterocycles. The molecule has 0 aliphatic heterocycles. The number of benzene rings is 8. The van der Waals surface area contributed by atoms with E-state index in [1.807, 2.05) is 72.8 Å². The minimum Gasteiger partial charge on any atom is -0.309 e. The Morgan fingerprint density at radius 1 is 0.456 bits per heavy atom. The van der Waals surface area contributed by atoms with Gasteiger partial charge in [-0.3, -0.25) is 15.7 Å². The molecular weight excluding hydrogens is 693 g/mol. The zero-order chi connectivity index (χ0) is 38.7. The summed E-state index contributed by atoms with van der Waals surface area (Å²) in [4.78, 5) is 1.72. The summed E-state index contributed by atoms with van der Waals surface area (Å²) in [6.45, 7) is 4.66.